The van der Waals surface area contributed by atoms with Gasteiger partial charge in [0.1, 0.15) is 0 Å². The van der Waals surface area contributed by atoms with E-state index >= 15 is 0 Å². The van der Waals surface area contributed by atoms with Gasteiger partial charge in [0.25, 0.3) is 0 Å². The van der Waals surface area contributed by atoms with Gasteiger partial charge in [-0.15, -0.1) is 0 Å². The Morgan fingerprint density at radius 1 is 1.12 bits per heavy atom. The van der Waals surface area contributed by atoms with E-state index in [-0.39, 0.29) is 11.9 Å². The van der Waals surface area contributed by atoms with E-state index in [9.17, 15) is 9.59 Å². The maximum atomic E-state index is 11.6. The summed E-state index contributed by atoms with van der Waals surface area (Å²) >= 11 is 0. The second-order valence-corrected chi connectivity index (χ2v) is 4.69. The van der Waals surface area contributed by atoms with Crippen molar-refractivity contribution in [3.05, 3.63) is 0 Å². The van der Waals surface area contributed by atoms with Gasteiger partial charge in [0.2, 0.25) is 5.91 Å². The Bertz CT molecular complexity index is 247. The molecule has 1 N–H and O–H groups in total. The van der Waals surface area contributed by atoms with Gasteiger partial charge in [0.05, 0.1) is 7.11 Å². The molecular weight excluding hydrogens is 218 g/mol. The Kier molecular flexibility index (Phi) is 6.67. The maximum absolute atomic E-state index is 11.6. The smallest absolute Gasteiger partial charge is 0.305 e. The number of amides is 1. The lowest BCUT2D eigenvalue weighted by atomic mass is 9.95. The number of hydrogen-bond donors (Lipinski definition) is 1. The lowest BCUT2D eigenvalue weighted by Gasteiger charge is -2.22. The summed E-state index contributed by atoms with van der Waals surface area (Å²) < 4.78 is 4.54. The van der Waals surface area contributed by atoms with Crippen LogP contribution in [-0.4, -0.2) is 25.0 Å². The third-order valence-corrected chi connectivity index (χ3v) is 3.23. The highest BCUT2D eigenvalue weighted by Gasteiger charge is 2.15. The number of carbonyl (C=O) groups is 2. The number of rotatable bonds is 6. The molecule has 0 unspecified atom stereocenters. The van der Waals surface area contributed by atoms with Crippen molar-refractivity contribution in [1.82, 2.24) is 5.32 Å². The molecule has 4 nitrogen and oxygen atoms in total. The predicted octanol–water partition coefficient (Wildman–Crippen LogP) is 2.17. The number of esters is 1. The second kappa shape index (κ2) is 8.09. The Hall–Kier alpha value is -1.06. The zero-order valence-corrected chi connectivity index (χ0v) is 10.7. The molecule has 17 heavy (non-hydrogen) atoms. The van der Waals surface area contributed by atoms with Gasteiger partial charge in [-0.25, -0.2) is 0 Å². The monoisotopic (exact) mass is 241 g/mol. The fourth-order valence-electron chi connectivity index (χ4n) is 2.20. The number of hydrogen-bond acceptors (Lipinski definition) is 3. The van der Waals surface area contributed by atoms with Gasteiger partial charge in [0, 0.05) is 18.9 Å². The first kappa shape index (κ1) is 14.0. The van der Waals surface area contributed by atoms with Crippen molar-refractivity contribution in [1.29, 1.82) is 0 Å². The first-order valence-electron chi connectivity index (χ1n) is 6.58. The Balaban J connectivity index is 2.02. The molecule has 0 atom stereocenters. The minimum atomic E-state index is -0.197. The molecule has 0 aromatic carbocycles. The lowest BCUT2D eigenvalue weighted by Crippen LogP contribution is -2.35. The van der Waals surface area contributed by atoms with Crippen LogP contribution in [0, 0.1) is 0 Å². The zero-order valence-electron chi connectivity index (χ0n) is 10.7. The molecule has 1 aliphatic carbocycles. The van der Waals surface area contributed by atoms with Crippen molar-refractivity contribution >= 4 is 11.9 Å². The first-order chi connectivity index (χ1) is 8.22. The number of methoxy groups -OCH3 is 1. The summed E-state index contributed by atoms with van der Waals surface area (Å²) in [7, 11) is 1.39. The van der Waals surface area contributed by atoms with Crippen molar-refractivity contribution in [2.45, 2.75) is 63.8 Å². The highest BCUT2D eigenvalue weighted by atomic mass is 16.5. The van der Waals surface area contributed by atoms with Gasteiger partial charge >= 0.3 is 5.97 Å². The van der Waals surface area contributed by atoms with Crippen molar-refractivity contribution < 1.29 is 14.3 Å². The standard InChI is InChI=1S/C13H23NO3/c1-17-13(16)10-6-5-9-12(15)14-11-7-3-2-4-8-11/h11H,2-10H2,1H3,(H,14,15). The van der Waals surface area contributed by atoms with E-state index in [1.807, 2.05) is 0 Å². The van der Waals surface area contributed by atoms with E-state index in [1.165, 1.54) is 26.4 Å². The average Bonchev–Trinajstić information content (AvgIpc) is 2.35. The molecule has 0 radical (unpaired) electrons. The molecule has 1 saturated carbocycles. The van der Waals surface area contributed by atoms with Crippen molar-refractivity contribution in [2.24, 2.45) is 0 Å². The molecule has 0 spiro atoms. The quantitative estimate of drug-likeness (QED) is 0.572. The van der Waals surface area contributed by atoms with E-state index in [2.05, 4.69) is 10.1 Å². The maximum Gasteiger partial charge on any atom is 0.305 e. The molecular formula is C13H23NO3. The average molecular weight is 241 g/mol. The first-order valence-corrected chi connectivity index (χ1v) is 6.58. The molecule has 1 fully saturated rings. The normalized spacial score (nSPS) is 16.5. The molecule has 4 heteroatoms. The predicted molar refractivity (Wildman–Crippen MR) is 65.5 cm³/mol. The molecule has 1 rings (SSSR count). The molecule has 0 aromatic rings. The van der Waals surface area contributed by atoms with E-state index in [4.69, 9.17) is 0 Å². The minimum absolute atomic E-state index is 0.127. The molecule has 1 amide bonds. The van der Waals surface area contributed by atoms with Crippen LogP contribution in [-0.2, 0) is 14.3 Å². The van der Waals surface area contributed by atoms with Crippen LogP contribution in [0.3, 0.4) is 0 Å². The second-order valence-electron chi connectivity index (χ2n) is 4.69. The summed E-state index contributed by atoms with van der Waals surface area (Å²) in [5.41, 5.74) is 0. The van der Waals surface area contributed by atoms with Crippen molar-refractivity contribution in [3.8, 4) is 0 Å². The molecule has 98 valence electrons. The SMILES string of the molecule is COC(=O)CCCCC(=O)NC1CCCCC1. The van der Waals surface area contributed by atoms with Crippen LogP contribution in [0.5, 0.6) is 0 Å². The van der Waals surface area contributed by atoms with Gasteiger partial charge in [-0.05, 0) is 25.7 Å². The fourth-order valence-corrected chi connectivity index (χ4v) is 2.20. The molecule has 0 aromatic heterocycles. The summed E-state index contributed by atoms with van der Waals surface area (Å²) in [4.78, 5) is 22.4. The van der Waals surface area contributed by atoms with E-state index in [0.29, 0.717) is 18.9 Å². The zero-order chi connectivity index (χ0) is 12.5. The third-order valence-electron chi connectivity index (χ3n) is 3.23. The summed E-state index contributed by atoms with van der Waals surface area (Å²) in [6.07, 6.45) is 8.41. The third kappa shape index (κ3) is 6.29. The van der Waals surface area contributed by atoms with Gasteiger partial charge in [-0.3, -0.25) is 9.59 Å². The van der Waals surface area contributed by atoms with E-state index < -0.39 is 0 Å². The van der Waals surface area contributed by atoms with Crippen LogP contribution in [0.4, 0.5) is 0 Å². The lowest BCUT2D eigenvalue weighted by molar-refractivity contribution is -0.140. The number of unbranched alkanes of at least 4 members (excludes halogenated alkanes) is 1. The summed E-state index contributed by atoms with van der Waals surface area (Å²) in [5.74, 6) is -0.0699. The van der Waals surface area contributed by atoms with Gasteiger partial charge in [-0.2, -0.15) is 0 Å². The summed E-state index contributed by atoms with van der Waals surface area (Å²) in [6, 6.07) is 0.386. The van der Waals surface area contributed by atoms with Crippen molar-refractivity contribution in [2.75, 3.05) is 7.11 Å². The fraction of sp³-hybridized carbons (Fsp3) is 0.846. The summed E-state index contributed by atoms with van der Waals surface area (Å²) in [5, 5.41) is 3.07. The van der Waals surface area contributed by atoms with Crippen molar-refractivity contribution in [3.63, 3.8) is 0 Å². The molecule has 0 heterocycles. The van der Waals surface area contributed by atoms with Crippen LogP contribution >= 0.6 is 0 Å². The number of nitrogens with one attached hydrogen (secondary N) is 1. The molecule has 0 bridgehead atoms. The van der Waals surface area contributed by atoms with Crippen LogP contribution in [0.1, 0.15) is 57.8 Å². The largest absolute Gasteiger partial charge is 0.469 e. The Morgan fingerprint density at radius 2 is 1.76 bits per heavy atom. The molecule has 0 saturated heterocycles. The van der Waals surface area contributed by atoms with Gasteiger partial charge in [0.15, 0.2) is 0 Å². The molecule has 1 aliphatic rings. The van der Waals surface area contributed by atoms with Crippen LogP contribution in [0.2, 0.25) is 0 Å². The van der Waals surface area contributed by atoms with Gasteiger partial charge < -0.3 is 10.1 Å². The highest BCUT2D eigenvalue weighted by molar-refractivity contribution is 5.76. The topological polar surface area (TPSA) is 55.4 Å². The minimum Gasteiger partial charge on any atom is -0.469 e. The van der Waals surface area contributed by atoms with Gasteiger partial charge in [-0.1, -0.05) is 19.3 Å². The Labute approximate surface area is 103 Å². The van der Waals surface area contributed by atoms with E-state index in [1.54, 1.807) is 0 Å². The highest BCUT2D eigenvalue weighted by Crippen LogP contribution is 2.17. The number of ether oxygens (including phenoxy) is 1. The van der Waals surface area contributed by atoms with E-state index in [0.717, 1.165) is 25.7 Å². The Morgan fingerprint density at radius 3 is 2.41 bits per heavy atom. The van der Waals surface area contributed by atoms with Crippen LogP contribution < -0.4 is 5.32 Å². The summed E-state index contributed by atoms with van der Waals surface area (Å²) in [6.45, 7) is 0. The van der Waals surface area contributed by atoms with Crippen LogP contribution in [0.15, 0.2) is 0 Å². The number of carbonyl (C=O) groups excluding carboxylic acids is 2. The van der Waals surface area contributed by atoms with Crippen LogP contribution in [0.25, 0.3) is 0 Å². The molecule has 0 aliphatic heterocycles.